The van der Waals surface area contributed by atoms with Gasteiger partial charge in [0.2, 0.25) is 0 Å². The molecule has 0 aliphatic carbocycles. The van der Waals surface area contributed by atoms with Gasteiger partial charge in [0, 0.05) is 0 Å². The normalized spacial score (nSPS) is 11.2. The van der Waals surface area contributed by atoms with E-state index < -0.39 is 0 Å². The number of benzene rings is 4. The largest absolute Gasteiger partial charge is 1.00 e. The van der Waals surface area contributed by atoms with E-state index in [0.717, 1.165) is 22.3 Å². The van der Waals surface area contributed by atoms with Crippen molar-refractivity contribution in [3.05, 3.63) is 155 Å². The first-order valence-corrected chi connectivity index (χ1v) is 20.4. The summed E-state index contributed by atoms with van der Waals surface area (Å²) in [6, 6.07) is 38.9. The van der Waals surface area contributed by atoms with Crippen LogP contribution in [0, 0.1) is 0 Å². The molecule has 8 nitrogen and oxygen atoms in total. The van der Waals surface area contributed by atoms with E-state index in [1.54, 1.807) is 41.6 Å². The van der Waals surface area contributed by atoms with Gasteiger partial charge in [0.25, 0.3) is 0 Å². The van der Waals surface area contributed by atoms with Crippen LogP contribution < -0.4 is 77.3 Å². The standard InChI is InChI=1S/2C15H14O.2C9H23N3.2Li/c2*16-15(11-13-7-3-1-4-8-13)12-14-9-5-2-6-10-14;2*1-10(2)6-8-12(5)9-7-11(3)4;;/h2*1-11,16H,12H2;2*6-9H2,1-5H3;;/q;;;;2*+1/p+4/b2*15-11-;;;;. The number of nitrogens with one attached hydrogen (secondary N) is 6. The average Bonchev–Trinajstić information content (AvgIpc) is 3.17. The van der Waals surface area contributed by atoms with Gasteiger partial charge in [-0.25, -0.2) is 0 Å². The summed E-state index contributed by atoms with van der Waals surface area (Å²) in [4.78, 5) is 9.49. The molecule has 0 atom stereocenters. The fourth-order valence-corrected chi connectivity index (χ4v) is 5.27. The molecule has 0 saturated carbocycles. The second-order valence-electron chi connectivity index (χ2n) is 16.1. The molecule has 0 radical (unpaired) electrons. The zero-order valence-electron chi connectivity index (χ0n) is 38.6. The molecule has 4 aromatic carbocycles. The smallest absolute Gasteiger partial charge is 0.875 e. The van der Waals surface area contributed by atoms with Crippen LogP contribution in [0.1, 0.15) is 22.3 Å². The van der Waals surface area contributed by atoms with Gasteiger partial charge in [0.1, 0.15) is 52.4 Å². The van der Waals surface area contributed by atoms with Gasteiger partial charge in [-0.05, 0) is 35.1 Å². The molecule has 6 N–H and O–H groups in total. The maximum Gasteiger partial charge on any atom is 1.00 e. The molecule has 0 bridgehead atoms. The Morgan fingerprint density at radius 2 is 0.586 bits per heavy atom. The summed E-state index contributed by atoms with van der Waals surface area (Å²) in [6.07, 6.45) is 4.31. The van der Waals surface area contributed by atoms with Crippen molar-refractivity contribution in [3.8, 4) is 0 Å². The van der Waals surface area contributed by atoms with E-state index in [1.807, 2.05) is 121 Å². The summed E-state index contributed by atoms with van der Waals surface area (Å²) in [5.74, 6) is 0.273. The SMILES string of the molecule is C[NH+](C)CC[NH+](C)CC[NH+](C)C.C[NH+](C)CC[NH+](C)CC[NH+](C)C.[Li+].[Li+].[O-]/C(=C\c1ccccc1)Cc1ccccc1.[O-]/C(=C\c1ccccc1)Cc1ccccc1. The van der Waals surface area contributed by atoms with Crippen LogP contribution in [0.5, 0.6) is 0 Å². The summed E-state index contributed by atoms with van der Waals surface area (Å²) in [5, 5.41) is 23.5. The van der Waals surface area contributed by atoms with Gasteiger partial charge in [-0.2, -0.15) is 0 Å². The van der Waals surface area contributed by atoms with Crippen molar-refractivity contribution in [2.24, 2.45) is 0 Å². The summed E-state index contributed by atoms with van der Waals surface area (Å²) < 4.78 is 0. The molecule has 0 fully saturated rings. The van der Waals surface area contributed by atoms with Crippen molar-refractivity contribution < 1.29 is 77.3 Å². The number of hydrogen-bond acceptors (Lipinski definition) is 2. The van der Waals surface area contributed by atoms with Gasteiger partial charge >= 0.3 is 37.7 Å². The maximum atomic E-state index is 11.7. The van der Waals surface area contributed by atoms with Gasteiger partial charge in [0.15, 0.2) is 0 Å². The third-order valence-electron chi connectivity index (χ3n) is 8.90. The van der Waals surface area contributed by atoms with Crippen molar-refractivity contribution in [3.63, 3.8) is 0 Å². The molecule has 4 rings (SSSR count). The summed E-state index contributed by atoms with van der Waals surface area (Å²) in [5.41, 5.74) is 4.03. The molecule has 308 valence electrons. The van der Waals surface area contributed by atoms with E-state index in [4.69, 9.17) is 0 Å². The molecule has 58 heavy (non-hydrogen) atoms. The van der Waals surface area contributed by atoms with Crippen LogP contribution in [-0.2, 0) is 12.8 Å². The quantitative estimate of drug-likeness (QED) is 0.0449. The van der Waals surface area contributed by atoms with Crippen LogP contribution in [0.3, 0.4) is 0 Å². The number of allylic oxidation sites excluding steroid dienone is 2. The van der Waals surface area contributed by atoms with E-state index in [0.29, 0.717) is 12.8 Å². The Hall–Kier alpha value is -3.09. The summed E-state index contributed by atoms with van der Waals surface area (Å²) in [7, 11) is 22.3. The first kappa shape index (κ1) is 57.0. The molecule has 0 saturated heterocycles. The van der Waals surface area contributed by atoms with E-state index >= 15 is 0 Å². The predicted octanol–water partition coefficient (Wildman–Crippen LogP) is -9.15. The number of likely N-dealkylation sites (N-methyl/N-ethyl adjacent to an activating group) is 6. The average molecular weight is 785 g/mol. The van der Waals surface area contributed by atoms with Crippen LogP contribution >= 0.6 is 0 Å². The fraction of sp³-hybridized carbons (Fsp3) is 0.417. The monoisotopic (exact) mass is 785 g/mol. The summed E-state index contributed by atoms with van der Waals surface area (Å²) in [6.45, 7) is 10.2. The van der Waals surface area contributed by atoms with Gasteiger partial charge in [-0.15, -0.1) is 11.5 Å². The minimum absolute atomic E-state index is 0. The minimum atomic E-state index is 0. The molecule has 0 spiro atoms. The van der Waals surface area contributed by atoms with Crippen molar-refractivity contribution in [1.29, 1.82) is 0 Å². The Labute approximate surface area is 378 Å². The van der Waals surface area contributed by atoms with Gasteiger partial charge < -0.3 is 39.6 Å². The number of hydrogen-bond donors (Lipinski definition) is 6. The Morgan fingerprint density at radius 1 is 0.362 bits per heavy atom. The Balaban J connectivity index is 0. The molecule has 4 aromatic rings. The van der Waals surface area contributed by atoms with Crippen molar-refractivity contribution in [1.82, 2.24) is 0 Å². The van der Waals surface area contributed by atoms with Gasteiger partial charge in [-0.3, -0.25) is 0 Å². The molecule has 0 aliphatic heterocycles. The zero-order valence-corrected chi connectivity index (χ0v) is 38.6. The third kappa shape index (κ3) is 33.8. The van der Waals surface area contributed by atoms with Crippen LogP contribution in [0.25, 0.3) is 12.2 Å². The summed E-state index contributed by atoms with van der Waals surface area (Å²) >= 11 is 0. The molecule has 0 heterocycles. The first-order valence-electron chi connectivity index (χ1n) is 20.4. The van der Waals surface area contributed by atoms with Crippen LogP contribution in [0.2, 0.25) is 0 Å². The second kappa shape index (κ2) is 35.8. The van der Waals surface area contributed by atoms with Crippen LogP contribution in [-0.4, -0.2) is 123 Å². The minimum Gasteiger partial charge on any atom is -0.875 e. The second-order valence-corrected chi connectivity index (χ2v) is 16.1. The molecule has 0 unspecified atom stereocenters. The van der Waals surface area contributed by atoms with Crippen molar-refractivity contribution in [2.45, 2.75) is 12.8 Å². The predicted molar refractivity (Wildman–Crippen MR) is 233 cm³/mol. The van der Waals surface area contributed by atoms with E-state index in [9.17, 15) is 10.2 Å². The van der Waals surface area contributed by atoms with E-state index in [-0.39, 0.29) is 49.2 Å². The molecular weight excluding hydrogens is 706 g/mol. The van der Waals surface area contributed by atoms with Crippen LogP contribution in [0.15, 0.2) is 133 Å². The Bertz CT molecular complexity index is 1420. The molecule has 0 aliphatic rings. The first-order chi connectivity index (χ1) is 26.7. The number of quaternary nitrogens is 6. The fourth-order valence-electron chi connectivity index (χ4n) is 5.27. The Kier molecular flexibility index (Phi) is 35.2. The van der Waals surface area contributed by atoms with Gasteiger partial charge in [-0.1, -0.05) is 133 Å². The van der Waals surface area contributed by atoms with Gasteiger partial charge in [0.05, 0.1) is 70.5 Å². The Morgan fingerprint density at radius 3 is 0.810 bits per heavy atom. The van der Waals surface area contributed by atoms with E-state index in [2.05, 4.69) is 70.5 Å². The third-order valence-corrected chi connectivity index (χ3v) is 8.90. The topological polar surface area (TPSA) is 72.8 Å². The van der Waals surface area contributed by atoms with Crippen molar-refractivity contribution >= 4 is 12.2 Å². The molecule has 0 aromatic heterocycles. The maximum absolute atomic E-state index is 11.7. The molecule has 10 heteroatoms. The zero-order chi connectivity index (χ0) is 41.6. The van der Waals surface area contributed by atoms with Crippen molar-refractivity contribution in [2.75, 3.05) is 123 Å². The van der Waals surface area contributed by atoms with E-state index in [1.165, 1.54) is 52.4 Å². The molecular formula is C48H78Li2N6O2+6. The van der Waals surface area contributed by atoms with Crippen LogP contribution in [0.4, 0.5) is 0 Å². The molecule has 0 amide bonds. The number of rotatable bonds is 18.